The molecule has 0 radical (unpaired) electrons. The molecule has 5 aromatic rings. The molecule has 0 aliphatic rings. The predicted octanol–water partition coefficient (Wildman–Crippen LogP) is 6.83. The maximum atomic E-state index is 5.77. The fraction of sp³-hybridized carbons (Fsp3) is 0.0556. The van der Waals surface area contributed by atoms with Gasteiger partial charge in [0.25, 0.3) is 0 Å². The van der Waals surface area contributed by atoms with Crippen LogP contribution in [0, 0.1) is 23.7 Å². The molecule has 0 heterocycles. The second-order valence-corrected chi connectivity index (χ2v) is 9.31. The molecule has 182 valence electrons. The summed E-state index contributed by atoms with van der Waals surface area (Å²) in [7, 11) is 0. The summed E-state index contributed by atoms with van der Waals surface area (Å²) in [5, 5.41) is 0. The lowest BCUT2D eigenvalue weighted by Gasteiger charge is -2.03. The first kappa shape index (κ1) is 24.5. The third-order valence-corrected chi connectivity index (χ3v) is 6.27. The van der Waals surface area contributed by atoms with Crippen molar-refractivity contribution in [1.82, 2.24) is 0 Å². The molecule has 0 atom stereocenters. The van der Waals surface area contributed by atoms with Gasteiger partial charge in [-0.05, 0) is 108 Å². The number of benzene rings is 5. The van der Waals surface area contributed by atoms with Crippen LogP contribution >= 0.6 is 0 Å². The molecule has 2 heteroatoms. The van der Waals surface area contributed by atoms with Crippen molar-refractivity contribution < 1.29 is 0 Å². The second kappa shape index (κ2) is 11.7. The maximum absolute atomic E-state index is 5.77. The van der Waals surface area contributed by atoms with Crippen LogP contribution in [0.3, 0.4) is 0 Å². The Morgan fingerprint density at radius 3 is 0.789 bits per heavy atom. The molecule has 38 heavy (non-hydrogen) atoms. The molecular weight excluding hydrogens is 460 g/mol. The van der Waals surface area contributed by atoms with Gasteiger partial charge in [-0.3, -0.25) is 0 Å². The van der Waals surface area contributed by atoms with E-state index in [0.29, 0.717) is 0 Å². The number of nitrogens with two attached hydrogens (primary N) is 2. The van der Waals surface area contributed by atoms with Gasteiger partial charge in [0.1, 0.15) is 0 Å². The maximum Gasteiger partial charge on any atom is 0.0314 e. The summed E-state index contributed by atoms with van der Waals surface area (Å²) in [4.78, 5) is 0. The van der Waals surface area contributed by atoms with Crippen molar-refractivity contribution >= 4 is 11.4 Å². The molecular formula is C36H28N2. The summed E-state index contributed by atoms with van der Waals surface area (Å²) in [6.07, 6.45) is 1.76. The summed E-state index contributed by atoms with van der Waals surface area (Å²) in [5.74, 6) is 13.0. The first-order valence-corrected chi connectivity index (χ1v) is 12.6. The predicted molar refractivity (Wildman–Crippen MR) is 159 cm³/mol. The van der Waals surface area contributed by atoms with Crippen LogP contribution in [0.15, 0.2) is 121 Å². The molecule has 0 fully saturated rings. The van der Waals surface area contributed by atoms with Crippen molar-refractivity contribution in [3.05, 3.63) is 166 Å². The van der Waals surface area contributed by atoms with Crippen molar-refractivity contribution in [2.24, 2.45) is 0 Å². The van der Waals surface area contributed by atoms with Crippen LogP contribution in [-0.4, -0.2) is 0 Å². The average molecular weight is 489 g/mol. The Kier molecular flexibility index (Phi) is 7.55. The molecule has 0 aliphatic heterocycles. The van der Waals surface area contributed by atoms with Crippen molar-refractivity contribution in [1.29, 1.82) is 0 Å². The van der Waals surface area contributed by atoms with E-state index in [0.717, 1.165) is 46.5 Å². The molecule has 5 rings (SSSR count). The number of anilines is 2. The minimum atomic E-state index is 0.788. The Labute approximate surface area is 225 Å². The Hall–Kier alpha value is -5.18. The van der Waals surface area contributed by atoms with Crippen molar-refractivity contribution in [2.45, 2.75) is 12.8 Å². The largest absolute Gasteiger partial charge is 0.399 e. The van der Waals surface area contributed by atoms with Crippen LogP contribution in [0.2, 0.25) is 0 Å². The molecule has 0 spiro atoms. The molecule has 0 unspecified atom stereocenters. The first-order valence-electron chi connectivity index (χ1n) is 12.6. The van der Waals surface area contributed by atoms with Gasteiger partial charge in [0.15, 0.2) is 0 Å². The fourth-order valence-corrected chi connectivity index (χ4v) is 4.08. The van der Waals surface area contributed by atoms with Crippen LogP contribution in [-0.2, 0) is 12.8 Å². The first-order chi connectivity index (χ1) is 18.6. The van der Waals surface area contributed by atoms with Gasteiger partial charge in [-0.1, -0.05) is 72.2 Å². The molecule has 4 N–H and O–H groups in total. The van der Waals surface area contributed by atoms with Gasteiger partial charge in [0, 0.05) is 33.6 Å². The Bertz CT molecular complexity index is 1490. The van der Waals surface area contributed by atoms with Crippen molar-refractivity contribution in [3.8, 4) is 23.7 Å². The van der Waals surface area contributed by atoms with E-state index < -0.39 is 0 Å². The standard InChI is InChI=1S/C36H28N2/c37-35-21-17-33(18-22-35)25-31-13-9-29(10-14-31)7-5-27-1-2-28(4-3-27)6-8-30-11-15-32(16-12-30)26-34-19-23-36(38)24-20-34/h1-4,9-24H,25-26,37-38H2. The van der Waals surface area contributed by atoms with Gasteiger partial charge >= 0.3 is 0 Å². The SMILES string of the molecule is Nc1ccc(Cc2ccc(C#Cc3ccc(C#Cc4ccc(Cc5ccc(N)cc5)cc4)cc3)cc2)cc1. The highest BCUT2D eigenvalue weighted by Gasteiger charge is 1.98. The third kappa shape index (κ3) is 6.94. The Balaban J connectivity index is 1.17. The molecule has 0 bridgehead atoms. The van der Waals surface area contributed by atoms with E-state index in [-0.39, 0.29) is 0 Å². The summed E-state index contributed by atoms with van der Waals surface area (Å²) >= 11 is 0. The van der Waals surface area contributed by atoms with E-state index in [9.17, 15) is 0 Å². The van der Waals surface area contributed by atoms with Crippen LogP contribution in [0.1, 0.15) is 44.5 Å². The van der Waals surface area contributed by atoms with Gasteiger partial charge < -0.3 is 11.5 Å². The van der Waals surface area contributed by atoms with Gasteiger partial charge in [0.2, 0.25) is 0 Å². The molecule has 5 aromatic carbocycles. The monoisotopic (exact) mass is 488 g/mol. The zero-order valence-corrected chi connectivity index (χ0v) is 21.1. The van der Waals surface area contributed by atoms with Crippen LogP contribution in [0.4, 0.5) is 11.4 Å². The smallest absolute Gasteiger partial charge is 0.0314 e. The topological polar surface area (TPSA) is 52.0 Å². The number of rotatable bonds is 4. The zero-order chi connectivity index (χ0) is 26.2. The van der Waals surface area contributed by atoms with Gasteiger partial charge in [0.05, 0.1) is 0 Å². The molecule has 2 nitrogen and oxygen atoms in total. The van der Waals surface area contributed by atoms with Crippen molar-refractivity contribution in [2.75, 3.05) is 11.5 Å². The second-order valence-electron chi connectivity index (χ2n) is 9.31. The van der Waals surface area contributed by atoms with E-state index >= 15 is 0 Å². The highest BCUT2D eigenvalue weighted by atomic mass is 14.5. The van der Waals surface area contributed by atoms with Gasteiger partial charge in [-0.25, -0.2) is 0 Å². The normalized spacial score (nSPS) is 10.1. The fourth-order valence-electron chi connectivity index (χ4n) is 4.08. The lowest BCUT2D eigenvalue weighted by molar-refractivity contribution is 1.19. The Morgan fingerprint density at radius 1 is 0.316 bits per heavy atom. The highest BCUT2D eigenvalue weighted by Crippen LogP contribution is 2.14. The zero-order valence-electron chi connectivity index (χ0n) is 21.1. The van der Waals surface area contributed by atoms with Crippen LogP contribution in [0.25, 0.3) is 0 Å². The summed E-state index contributed by atoms with van der Waals surface area (Å²) in [5.41, 5.74) is 22.0. The lowest BCUT2D eigenvalue weighted by atomic mass is 10.0. The summed E-state index contributed by atoms with van der Waals surface area (Å²) in [6, 6.07) is 40.9. The third-order valence-electron chi connectivity index (χ3n) is 6.27. The number of hydrogen-bond donors (Lipinski definition) is 2. The molecule has 0 aliphatic carbocycles. The molecule has 0 amide bonds. The highest BCUT2D eigenvalue weighted by molar-refractivity contribution is 5.49. The minimum absolute atomic E-state index is 0.788. The number of hydrogen-bond acceptors (Lipinski definition) is 2. The van der Waals surface area contributed by atoms with Gasteiger partial charge in [-0.15, -0.1) is 0 Å². The van der Waals surface area contributed by atoms with Crippen LogP contribution < -0.4 is 11.5 Å². The van der Waals surface area contributed by atoms with E-state index in [2.05, 4.69) is 96.5 Å². The number of nitrogen functional groups attached to an aromatic ring is 2. The van der Waals surface area contributed by atoms with E-state index in [1.807, 2.05) is 48.5 Å². The van der Waals surface area contributed by atoms with E-state index in [1.165, 1.54) is 22.3 Å². The van der Waals surface area contributed by atoms with E-state index in [1.54, 1.807) is 0 Å². The molecule has 0 aromatic heterocycles. The summed E-state index contributed by atoms with van der Waals surface area (Å²) in [6.45, 7) is 0. The van der Waals surface area contributed by atoms with Gasteiger partial charge in [-0.2, -0.15) is 0 Å². The molecule has 0 saturated carbocycles. The summed E-state index contributed by atoms with van der Waals surface area (Å²) < 4.78 is 0. The average Bonchev–Trinajstić information content (AvgIpc) is 2.95. The lowest BCUT2D eigenvalue weighted by Crippen LogP contribution is -1.90. The van der Waals surface area contributed by atoms with E-state index in [4.69, 9.17) is 11.5 Å². The van der Waals surface area contributed by atoms with Crippen LogP contribution in [0.5, 0.6) is 0 Å². The Morgan fingerprint density at radius 2 is 0.526 bits per heavy atom. The molecule has 0 saturated heterocycles. The minimum Gasteiger partial charge on any atom is -0.399 e. The quantitative estimate of drug-likeness (QED) is 0.215. The van der Waals surface area contributed by atoms with Crippen molar-refractivity contribution in [3.63, 3.8) is 0 Å².